The largest absolute Gasteiger partial charge is 0.469 e. The monoisotopic (exact) mass is 407 g/mol. The van der Waals surface area contributed by atoms with E-state index in [1.165, 1.54) is 21.3 Å². The first-order valence-corrected chi connectivity index (χ1v) is 9.09. The van der Waals surface area contributed by atoms with Gasteiger partial charge in [-0.1, -0.05) is 0 Å². The second kappa shape index (κ2) is 15.2. The third-order valence-corrected chi connectivity index (χ3v) is 3.88. The molecule has 0 aromatic heterocycles. The van der Waals surface area contributed by atoms with Crippen LogP contribution in [0.5, 0.6) is 0 Å². The molecule has 2 unspecified atom stereocenters. The minimum Gasteiger partial charge on any atom is -0.469 e. The van der Waals surface area contributed by atoms with Crippen LogP contribution in [0.2, 0.25) is 0 Å². The number of hydrogen-bond acceptors (Lipinski definition) is 10. The number of nitrogens with two attached hydrogens (primary N) is 1. The fourth-order valence-corrected chi connectivity index (χ4v) is 2.21. The smallest absolute Gasteiger partial charge is 0.330 e. The van der Waals surface area contributed by atoms with Crippen molar-refractivity contribution in [3.63, 3.8) is 0 Å². The van der Waals surface area contributed by atoms with E-state index in [1.807, 2.05) is 6.92 Å². The standard InChI is InChI=1S/C18H33NO9/c1-5-26-11-14(16(21)24-3)8-10-28-13-18(19,17(22)25-4)12-27-9-6-7-15(20)23-2/h14H,5-13,19H2,1-4H3. The number of hydrogen-bond donors (Lipinski definition) is 1. The van der Waals surface area contributed by atoms with E-state index in [2.05, 4.69) is 4.74 Å². The van der Waals surface area contributed by atoms with Crippen molar-refractivity contribution in [2.75, 3.05) is 61.0 Å². The molecule has 0 saturated heterocycles. The SMILES string of the molecule is CCOCC(CCOCC(N)(COCCCC(=O)OC)C(=O)OC)C(=O)OC. The Morgan fingerprint density at radius 2 is 1.57 bits per heavy atom. The van der Waals surface area contributed by atoms with E-state index >= 15 is 0 Å². The summed E-state index contributed by atoms with van der Waals surface area (Å²) in [5, 5.41) is 0. The highest BCUT2D eigenvalue weighted by Crippen LogP contribution is 2.10. The molecule has 0 saturated carbocycles. The van der Waals surface area contributed by atoms with Gasteiger partial charge in [-0.15, -0.1) is 0 Å². The molecule has 0 radical (unpaired) electrons. The summed E-state index contributed by atoms with van der Waals surface area (Å²) in [4.78, 5) is 34.8. The molecule has 0 rings (SSSR count). The van der Waals surface area contributed by atoms with Crippen LogP contribution >= 0.6 is 0 Å². The van der Waals surface area contributed by atoms with Crippen LogP contribution < -0.4 is 5.73 Å². The van der Waals surface area contributed by atoms with Gasteiger partial charge in [0.05, 0.1) is 47.1 Å². The molecule has 0 aliphatic rings. The minimum atomic E-state index is -1.50. The molecular weight excluding hydrogens is 374 g/mol. The van der Waals surface area contributed by atoms with Gasteiger partial charge < -0.3 is 34.2 Å². The average molecular weight is 407 g/mol. The molecule has 0 aromatic rings. The van der Waals surface area contributed by atoms with Gasteiger partial charge in [0.1, 0.15) is 0 Å². The Bertz CT molecular complexity index is 472. The van der Waals surface area contributed by atoms with Crippen molar-refractivity contribution in [1.82, 2.24) is 0 Å². The Balaban J connectivity index is 4.44. The van der Waals surface area contributed by atoms with Crippen LogP contribution in [0.25, 0.3) is 0 Å². The fraction of sp³-hybridized carbons (Fsp3) is 0.833. The van der Waals surface area contributed by atoms with Crippen LogP contribution in [-0.2, 0) is 42.8 Å². The topological polar surface area (TPSA) is 133 Å². The summed E-state index contributed by atoms with van der Waals surface area (Å²) in [6.07, 6.45) is 0.991. The molecule has 164 valence electrons. The number of methoxy groups -OCH3 is 3. The first kappa shape index (κ1) is 26.2. The lowest BCUT2D eigenvalue weighted by molar-refractivity contribution is -0.154. The third-order valence-electron chi connectivity index (χ3n) is 3.88. The molecule has 0 aliphatic carbocycles. The van der Waals surface area contributed by atoms with E-state index in [-0.39, 0.29) is 45.4 Å². The molecule has 0 bridgehead atoms. The molecule has 0 fully saturated rings. The zero-order valence-corrected chi connectivity index (χ0v) is 17.2. The van der Waals surface area contributed by atoms with Gasteiger partial charge in [-0.3, -0.25) is 9.59 Å². The van der Waals surface area contributed by atoms with Gasteiger partial charge in [-0.25, -0.2) is 4.79 Å². The minimum absolute atomic E-state index is 0.139. The van der Waals surface area contributed by atoms with Crippen LogP contribution in [0.15, 0.2) is 0 Å². The summed E-state index contributed by atoms with van der Waals surface area (Å²) in [5.41, 5.74) is 4.57. The molecule has 0 heterocycles. The van der Waals surface area contributed by atoms with E-state index < -0.39 is 23.4 Å². The lowest BCUT2D eigenvalue weighted by Gasteiger charge is -2.26. The first-order valence-electron chi connectivity index (χ1n) is 9.09. The Morgan fingerprint density at radius 3 is 2.11 bits per heavy atom. The number of carbonyl (C=O) groups is 3. The predicted octanol–water partition coefficient (Wildman–Crippen LogP) is 0.0591. The molecule has 0 aliphatic heterocycles. The maximum absolute atomic E-state index is 12.0. The number of carbonyl (C=O) groups excluding carboxylic acids is 3. The Kier molecular flexibility index (Phi) is 14.3. The van der Waals surface area contributed by atoms with Crippen molar-refractivity contribution in [3.05, 3.63) is 0 Å². The quantitative estimate of drug-likeness (QED) is 0.213. The second-order valence-corrected chi connectivity index (χ2v) is 6.10. The molecule has 28 heavy (non-hydrogen) atoms. The summed E-state index contributed by atoms with van der Waals surface area (Å²) in [7, 11) is 3.83. The van der Waals surface area contributed by atoms with Gasteiger partial charge in [0.25, 0.3) is 0 Å². The zero-order valence-electron chi connectivity index (χ0n) is 17.2. The Hall–Kier alpha value is -1.75. The van der Waals surface area contributed by atoms with E-state index in [0.29, 0.717) is 19.4 Å². The average Bonchev–Trinajstić information content (AvgIpc) is 2.71. The number of esters is 3. The zero-order chi connectivity index (χ0) is 21.4. The number of rotatable bonds is 16. The molecule has 2 atom stereocenters. The van der Waals surface area contributed by atoms with Crippen LogP contribution in [0.3, 0.4) is 0 Å². The van der Waals surface area contributed by atoms with Crippen LogP contribution in [0, 0.1) is 5.92 Å². The first-order chi connectivity index (χ1) is 13.3. The highest BCUT2D eigenvalue weighted by atomic mass is 16.5. The van der Waals surface area contributed by atoms with Gasteiger partial charge in [-0.05, 0) is 19.8 Å². The lowest BCUT2D eigenvalue weighted by Crippen LogP contribution is -2.56. The van der Waals surface area contributed by atoms with Gasteiger partial charge >= 0.3 is 17.9 Å². The second-order valence-electron chi connectivity index (χ2n) is 6.10. The van der Waals surface area contributed by atoms with Crippen molar-refractivity contribution in [2.24, 2.45) is 11.7 Å². The number of ether oxygens (including phenoxy) is 6. The van der Waals surface area contributed by atoms with E-state index in [0.717, 1.165) is 0 Å². The molecular formula is C18H33NO9. The summed E-state index contributed by atoms with van der Waals surface area (Å²) < 4.78 is 30.2. The highest BCUT2D eigenvalue weighted by molar-refractivity contribution is 5.80. The Labute approximate surface area is 165 Å². The van der Waals surface area contributed by atoms with Crippen LogP contribution in [-0.4, -0.2) is 84.4 Å². The van der Waals surface area contributed by atoms with Gasteiger partial charge in [0.2, 0.25) is 0 Å². The fourth-order valence-electron chi connectivity index (χ4n) is 2.21. The van der Waals surface area contributed by atoms with E-state index in [1.54, 1.807) is 0 Å². The lowest BCUT2D eigenvalue weighted by atomic mass is 10.0. The normalized spacial score (nSPS) is 14.0. The maximum Gasteiger partial charge on any atom is 0.330 e. The third kappa shape index (κ3) is 10.5. The van der Waals surface area contributed by atoms with Crippen molar-refractivity contribution < 1.29 is 42.8 Å². The van der Waals surface area contributed by atoms with Crippen molar-refractivity contribution >= 4 is 17.9 Å². The summed E-state index contributed by atoms with van der Waals surface area (Å²) in [6, 6.07) is 0. The van der Waals surface area contributed by atoms with Crippen molar-refractivity contribution in [1.29, 1.82) is 0 Å². The molecule has 10 nitrogen and oxygen atoms in total. The predicted molar refractivity (Wildman–Crippen MR) is 98.4 cm³/mol. The van der Waals surface area contributed by atoms with E-state index in [4.69, 9.17) is 29.4 Å². The van der Waals surface area contributed by atoms with Crippen LogP contribution in [0.4, 0.5) is 0 Å². The summed E-state index contributed by atoms with van der Waals surface area (Å²) in [6.45, 7) is 2.64. The van der Waals surface area contributed by atoms with E-state index in [9.17, 15) is 14.4 Å². The van der Waals surface area contributed by atoms with Crippen LogP contribution in [0.1, 0.15) is 26.2 Å². The highest BCUT2D eigenvalue weighted by Gasteiger charge is 2.36. The molecule has 10 heteroatoms. The van der Waals surface area contributed by atoms with Crippen molar-refractivity contribution in [3.8, 4) is 0 Å². The maximum atomic E-state index is 12.0. The molecule has 0 aromatic carbocycles. The molecule has 2 N–H and O–H groups in total. The molecule has 0 amide bonds. The molecule has 0 spiro atoms. The van der Waals surface area contributed by atoms with Gasteiger partial charge in [0, 0.05) is 26.2 Å². The Morgan fingerprint density at radius 1 is 0.929 bits per heavy atom. The van der Waals surface area contributed by atoms with Gasteiger partial charge in [-0.2, -0.15) is 0 Å². The summed E-state index contributed by atoms with van der Waals surface area (Å²) >= 11 is 0. The van der Waals surface area contributed by atoms with Crippen molar-refractivity contribution in [2.45, 2.75) is 31.7 Å². The summed E-state index contributed by atoms with van der Waals surface area (Å²) in [5.74, 6) is -1.88. The van der Waals surface area contributed by atoms with Gasteiger partial charge in [0.15, 0.2) is 5.54 Å².